The maximum Gasteiger partial charge on any atom is 0.127 e. The molecule has 0 radical (unpaired) electrons. The highest BCUT2D eigenvalue weighted by Crippen LogP contribution is 2.44. The topological polar surface area (TPSA) is 29.5 Å². The number of hydrogen-bond donors (Lipinski definition) is 1. The summed E-state index contributed by atoms with van der Waals surface area (Å²) >= 11 is 0. The highest BCUT2D eigenvalue weighted by molar-refractivity contribution is 6.02. The van der Waals surface area contributed by atoms with Crippen molar-refractivity contribution >= 4 is 10.8 Å². The first kappa shape index (κ1) is 17.2. The Morgan fingerprint density at radius 3 is 2.30 bits per heavy atom. The number of hydrogen-bond acceptors (Lipinski definition) is 2. The van der Waals surface area contributed by atoms with Gasteiger partial charge in [0.15, 0.2) is 0 Å². The number of rotatable bonds is 4. The van der Waals surface area contributed by atoms with E-state index in [1.54, 1.807) is 7.11 Å². The second kappa shape index (κ2) is 7.16. The van der Waals surface area contributed by atoms with Gasteiger partial charge < -0.3 is 9.84 Å². The van der Waals surface area contributed by atoms with Gasteiger partial charge in [-0.2, -0.15) is 0 Å². The molecule has 4 rings (SSSR count). The third-order valence-corrected chi connectivity index (χ3v) is 5.07. The van der Waals surface area contributed by atoms with Gasteiger partial charge in [-0.3, -0.25) is 0 Å². The zero-order valence-electron chi connectivity index (χ0n) is 15.6. The Labute approximate surface area is 159 Å². The molecule has 1 N–H and O–H groups in total. The van der Waals surface area contributed by atoms with E-state index in [1.807, 2.05) is 49.4 Å². The lowest BCUT2D eigenvalue weighted by Gasteiger charge is -2.18. The molecular formula is C25H22O2. The Morgan fingerprint density at radius 2 is 1.52 bits per heavy atom. The number of aryl methyl sites for hydroxylation is 1. The molecule has 4 aromatic carbocycles. The molecule has 0 spiro atoms. The van der Waals surface area contributed by atoms with Crippen LogP contribution in [0.25, 0.3) is 21.9 Å². The molecule has 0 atom stereocenters. The quantitative estimate of drug-likeness (QED) is 0.478. The Hall–Kier alpha value is -3.26. The van der Waals surface area contributed by atoms with Crippen LogP contribution < -0.4 is 4.74 Å². The number of benzene rings is 4. The van der Waals surface area contributed by atoms with Crippen LogP contribution in [-0.4, -0.2) is 12.2 Å². The lowest BCUT2D eigenvalue weighted by molar-refractivity contribution is 0.416. The Kier molecular flexibility index (Phi) is 4.55. The molecule has 0 saturated heterocycles. The van der Waals surface area contributed by atoms with Crippen LogP contribution in [0.3, 0.4) is 0 Å². The van der Waals surface area contributed by atoms with E-state index in [0.29, 0.717) is 12.2 Å². The second-order valence-electron chi connectivity index (χ2n) is 6.79. The standard InChI is InChI=1S/C25H22O2/c1-17-12-13-20(16-18-8-4-3-5-9-18)25(26)23(17)24-21-11-7-6-10-19(21)14-15-22(24)27-2/h3-15,26H,16H2,1-2H3. The minimum absolute atomic E-state index is 0.327. The molecule has 0 saturated carbocycles. The van der Waals surface area contributed by atoms with Crippen LogP contribution in [0.5, 0.6) is 11.5 Å². The zero-order valence-corrected chi connectivity index (χ0v) is 15.6. The molecule has 0 aliphatic carbocycles. The van der Waals surface area contributed by atoms with E-state index in [0.717, 1.165) is 38.8 Å². The van der Waals surface area contributed by atoms with Gasteiger partial charge in [0.1, 0.15) is 11.5 Å². The number of methoxy groups -OCH3 is 1. The van der Waals surface area contributed by atoms with Gasteiger partial charge in [0.05, 0.1) is 7.11 Å². The molecule has 0 heterocycles. The van der Waals surface area contributed by atoms with E-state index in [2.05, 4.69) is 36.4 Å². The van der Waals surface area contributed by atoms with Crippen LogP contribution in [0.2, 0.25) is 0 Å². The fourth-order valence-electron chi connectivity index (χ4n) is 3.69. The summed E-state index contributed by atoms with van der Waals surface area (Å²) in [6.45, 7) is 2.03. The molecule has 134 valence electrons. The summed E-state index contributed by atoms with van der Waals surface area (Å²) in [6, 6.07) is 26.5. The van der Waals surface area contributed by atoms with E-state index in [9.17, 15) is 5.11 Å². The van der Waals surface area contributed by atoms with Gasteiger partial charge in [-0.15, -0.1) is 0 Å². The van der Waals surface area contributed by atoms with Crippen molar-refractivity contribution in [2.75, 3.05) is 7.11 Å². The summed E-state index contributed by atoms with van der Waals surface area (Å²) < 4.78 is 5.66. The summed E-state index contributed by atoms with van der Waals surface area (Å²) in [6.07, 6.45) is 0.688. The summed E-state index contributed by atoms with van der Waals surface area (Å²) in [7, 11) is 1.67. The Bertz CT molecular complexity index is 1100. The first-order chi connectivity index (χ1) is 13.2. The number of ether oxygens (including phenoxy) is 1. The summed E-state index contributed by atoms with van der Waals surface area (Å²) in [5.41, 5.74) is 4.90. The lowest BCUT2D eigenvalue weighted by Crippen LogP contribution is -1.96. The van der Waals surface area contributed by atoms with Crippen molar-refractivity contribution in [3.8, 4) is 22.6 Å². The highest BCUT2D eigenvalue weighted by atomic mass is 16.5. The van der Waals surface area contributed by atoms with E-state index in [4.69, 9.17) is 4.74 Å². The van der Waals surface area contributed by atoms with Crippen LogP contribution >= 0.6 is 0 Å². The molecule has 4 aromatic rings. The largest absolute Gasteiger partial charge is 0.507 e. The van der Waals surface area contributed by atoms with Gasteiger partial charge in [-0.25, -0.2) is 0 Å². The normalized spacial score (nSPS) is 10.9. The molecule has 0 unspecified atom stereocenters. The molecule has 2 nitrogen and oxygen atoms in total. The molecule has 0 amide bonds. The summed E-state index contributed by atoms with van der Waals surface area (Å²) in [4.78, 5) is 0. The molecule has 0 aliphatic heterocycles. The average Bonchev–Trinajstić information content (AvgIpc) is 2.71. The molecule has 27 heavy (non-hydrogen) atoms. The number of fused-ring (bicyclic) bond motifs is 1. The van der Waals surface area contributed by atoms with Crippen molar-refractivity contribution in [3.05, 3.63) is 95.6 Å². The van der Waals surface area contributed by atoms with Gasteiger partial charge in [-0.1, -0.05) is 72.8 Å². The SMILES string of the molecule is COc1ccc2ccccc2c1-c1c(C)ccc(Cc2ccccc2)c1O. The first-order valence-electron chi connectivity index (χ1n) is 9.10. The third kappa shape index (κ3) is 3.15. The summed E-state index contributed by atoms with van der Waals surface area (Å²) in [5, 5.41) is 13.4. The Morgan fingerprint density at radius 1 is 0.778 bits per heavy atom. The van der Waals surface area contributed by atoms with Crippen molar-refractivity contribution in [1.29, 1.82) is 0 Å². The predicted molar refractivity (Wildman–Crippen MR) is 112 cm³/mol. The van der Waals surface area contributed by atoms with Crippen molar-refractivity contribution in [2.24, 2.45) is 0 Å². The van der Waals surface area contributed by atoms with Crippen LogP contribution in [0.15, 0.2) is 78.9 Å². The molecule has 2 heteroatoms. The van der Waals surface area contributed by atoms with Gasteiger partial charge in [0, 0.05) is 17.5 Å². The molecule has 0 aromatic heterocycles. The maximum atomic E-state index is 11.2. The minimum Gasteiger partial charge on any atom is -0.507 e. The molecular weight excluding hydrogens is 332 g/mol. The monoisotopic (exact) mass is 354 g/mol. The molecule has 0 fully saturated rings. The minimum atomic E-state index is 0.327. The summed E-state index contributed by atoms with van der Waals surface area (Å²) in [5.74, 6) is 1.09. The zero-order chi connectivity index (χ0) is 18.8. The van der Waals surface area contributed by atoms with Crippen molar-refractivity contribution in [2.45, 2.75) is 13.3 Å². The van der Waals surface area contributed by atoms with Gasteiger partial charge in [0.25, 0.3) is 0 Å². The maximum absolute atomic E-state index is 11.2. The van der Waals surface area contributed by atoms with E-state index >= 15 is 0 Å². The van der Waals surface area contributed by atoms with Crippen LogP contribution in [0.4, 0.5) is 0 Å². The van der Waals surface area contributed by atoms with Gasteiger partial charge in [-0.05, 0) is 40.5 Å². The number of phenols is 1. The van der Waals surface area contributed by atoms with Crippen molar-refractivity contribution in [1.82, 2.24) is 0 Å². The third-order valence-electron chi connectivity index (χ3n) is 5.07. The molecule has 0 bridgehead atoms. The predicted octanol–water partition coefficient (Wildman–Crippen LogP) is 6.12. The van der Waals surface area contributed by atoms with E-state index < -0.39 is 0 Å². The van der Waals surface area contributed by atoms with Crippen LogP contribution in [0, 0.1) is 6.92 Å². The van der Waals surface area contributed by atoms with E-state index in [-0.39, 0.29) is 0 Å². The van der Waals surface area contributed by atoms with Crippen molar-refractivity contribution < 1.29 is 9.84 Å². The Balaban J connectivity index is 1.95. The van der Waals surface area contributed by atoms with Gasteiger partial charge in [0.2, 0.25) is 0 Å². The number of phenolic OH excluding ortho intramolecular Hbond substituents is 1. The van der Waals surface area contributed by atoms with E-state index in [1.165, 1.54) is 5.56 Å². The average molecular weight is 354 g/mol. The van der Waals surface area contributed by atoms with Crippen LogP contribution in [-0.2, 0) is 6.42 Å². The van der Waals surface area contributed by atoms with Crippen LogP contribution in [0.1, 0.15) is 16.7 Å². The lowest BCUT2D eigenvalue weighted by atomic mass is 9.90. The fourth-order valence-corrected chi connectivity index (χ4v) is 3.69. The smallest absolute Gasteiger partial charge is 0.127 e. The highest BCUT2D eigenvalue weighted by Gasteiger charge is 2.19. The van der Waals surface area contributed by atoms with Crippen molar-refractivity contribution in [3.63, 3.8) is 0 Å². The van der Waals surface area contributed by atoms with Gasteiger partial charge >= 0.3 is 0 Å². The number of aromatic hydroxyl groups is 1. The molecule has 0 aliphatic rings. The second-order valence-corrected chi connectivity index (χ2v) is 6.79. The first-order valence-corrected chi connectivity index (χ1v) is 9.10. The fraction of sp³-hybridized carbons (Fsp3) is 0.120.